The van der Waals surface area contributed by atoms with Gasteiger partial charge in [0, 0.05) is 5.56 Å². The van der Waals surface area contributed by atoms with Crippen LogP contribution in [0.3, 0.4) is 0 Å². The Morgan fingerprint density at radius 1 is 1.11 bits per heavy atom. The minimum Gasteiger partial charge on any atom is -0.279 e. The van der Waals surface area contributed by atoms with E-state index < -0.39 is 8.07 Å². The lowest BCUT2D eigenvalue weighted by molar-refractivity contribution is 0.105. The molecule has 1 aromatic carbocycles. The van der Waals surface area contributed by atoms with E-state index >= 15 is 0 Å². The molecule has 0 fully saturated rings. The molecule has 1 rings (SSSR count). The van der Waals surface area contributed by atoms with Gasteiger partial charge in [-0.3, -0.25) is 4.79 Å². The first-order valence-electron chi connectivity index (χ1n) is 6.40. The molecule has 0 saturated carbocycles. The lowest BCUT2D eigenvalue weighted by atomic mass is 10.1. The summed E-state index contributed by atoms with van der Waals surface area (Å²) in [6.07, 6.45) is 0. The first-order valence-corrected chi connectivity index (χ1v) is 9.02. The molecule has 3 heteroatoms. The van der Waals surface area contributed by atoms with Gasteiger partial charge in [0.2, 0.25) is 5.78 Å². The molecule has 0 aliphatic heterocycles. The third-order valence-corrected chi connectivity index (χ3v) is 8.29. The van der Waals surface area contributed by atoms with E-state index in [1.807, 2.05) is 0 Å². The summed E-state index contributed by atoms with van der Waals surface area (Å²) in [6, 6.07) is 8.77. The van der Waals surface area contributed by atoms with Crippen LogP contribution in [0.15, 0.2) is 24.3 Å². The molecule has 0 atom stereocenters. The highest BCUT2D eigenvalue weighted by molar-refractivity contribution is 6.87. The number of carbonyl (C=O) groups excluding carboxylic acids is 1. The molecule has 1 nitrogen and oxygen atoms in total. The number of carbonyl (C=O) groups is 1. The van der Waals surface area contributed by atoms with Crippen LogP contribution in [0.5, 0.6) is 0 Å². The average Bonchev–Trinajstić information content (AvgIpc) is 2.41. The standard InChI is InChI=1S/C15H19FOSi/c1-4-18(5-2,6-3)12-11-15(17)13-7-9-14(16)10-8-13/h7-10H,4-6H2,1-3H3. The van der Waals surface area contributed by atoms with Crippen LogP contribution >= 0.6 is 0 Å². The summed E-state index contributed by atoms with van der Waals surface area (Å²) in [5.41, 5.74) is 3.71. The number of ketones is 1. The summed E-state index contributed by atoms with van der Waals surface area (Å²) < 4.78 is 12.7. The van der Waals surface area contributed by atoms with Crippen LogP contribution in [-0.2, 0) is 0 Å². The van der Waals surface area contributed by atoms with Gasteiger partial charge in [-0.2, -0.15) is 0 Å². The Kier molecular flexibility index (Phi) is 5.30. The third kappa shape index (κ3) is 3.54. The number of Topliss-reactive ketones (excluding diaryl/α,β-unsaturated/α-hetero) is 1. The molecule has 0 amide bonds. The first kappa shape index (κ1) is 14.7. The van der Waals surface area contributed by atoms with Crippen molar-refractivity contribution in [1.82, 2.24) is 0 Å². The van der Waals surface area contributed by atoms with Crippen molar-refractivity contribution in [3.63, 3.8) is 0 Å². The molecule has 0 unspecified atom stereocenters. The Balaban J connectivity index is 2.91. The molecular formula is C15H19FOSi. The molecule has 0 N–H and O–H groups in total. The second-order valence-electron chi connectivity index (χ2n) is 4.43. The fraction of sp³-hybridized carbons (Fsp3) is 0.400. The van der Waals surface area contributed by atoms with Gasteiger partial charge in [-0.1, -0.05) is 20.8 Å². The van der Waals surface area contributed by atoms with E-state index in [0.29, 0.717) is 5.56 Å². The lowest BCUT2D eigenvalue weighted by Crippen LogP contribution is -2.29. The van der Waals surface area contributed by atoms with Crippen molar-refractivity contribution < 1.29 is 9.18 Å². The highest BCUT2D eigenvalue weighted by Gasteiger charge is 2.24. The smallest absolute Gasteiger partial charge is 0.235 e. The van der Waals surface area contributed by atoms with Crippen LogP contribution < -0.4 is 0 Å². The van der Waals surface area contributed by atoms with Crippen molar-refractivity contribution in [2.45, 2.75) is 38.9 Å². The summed E-state index contributed by atoms with van der Waals surface area (Å²) in [5.74, 6) is 2.22. The van der Waals surface area contributed by atoms with E-state index in [2.05, 4.69) is 32.2 Å². The summed E-state index contributed by atoms with van der Waals surface area (Å²) >= 11 is 0. The molecule has 0 spiro atoms. The van der Waals surface area contributed by atoms with Crippen LogP contribution in [-0.4, -0.2) is 13.9 Å². The zero-order valence-corrected chi connectivity index (χ0v) is 12.2. The topological polar surface area (TPSA) is 17.1 Å². The molecule has 1 aromatic rings. The van der Waals surface area contributed by atoms with E-state index in [1.165, 1.54) is 24.3 Å². The molecule has 0 aliphatic rings. The molecule has 0 heterocycles. The van der Waals surface area contributed by atoms with Gasteiger partial charge in [0.05, 0.1) is 0 Å². The molecule has 96 valence electrons. The molecular weight excluding hydrogens is 243 g/mol. The summed E-state index contributed by atoms with van der Waals surface area (Å²) in [5, 5.41) is 0. The van der Waals surface area contributed by atoms with E-state index in [1.54, 1.807) is 0 Å². The molecule has 0 aliphatic carbocycles. The second kappa shape index (κ2) is 6.51. The Hall–Kier alpha value is -1.40. The third-order valence-electron chi connectivity index (χ3n) is 3.58. The monoisotopic (exact) mass is 262 g/mol. The fourth-order valence-corrected chi connectivity index (χ4v) is 4.29. The van der Waals surface area contributed by atoms with Crippen molar-refractivity contribution in [1.29, 1.82) is 0 Å². The van der Waals surface area contributed by atoms with Crippen molar-refractivity contribution in [3.8, 4) is 11.5 Å². The maximum atomic E-state index is 12.7. The number of rotatable bonds is 4. The minimum absolute atomic E-state index is 0.206. The van der Waals surface area contributed by atoms with Crippen LogP contribution in [0.1, 0.15) is 31.1 Å². The van der Waals surface area contributed by atoms with Crippen LogP contribution in [0, 0.1) is 17.3 Å². The van der Waals surface area contributed by atoms with Gasteiger partial charge in [0.25, 0.3) is 0 Å². The highest BCUT2D eigenvalue weighted by atomic mass is 28.3. The van der Waals surface area contributed by atoms with Crippen LogP contribution in [0.4, 0.5) is 4.39 Å². The molecule has 0 aromatic heterocycles. The van der Waals surface area contributed by atoms with Crippen LogP contribution in [0.2, 0.25) is 18.1 Å². The maximum Gasteiger partial charge on any atom is 0.235 e. The first-order chi connectivity index (χ1) is 8.56. The molecule has 0 saturated heterocycles. The van der Waals surface area contributed by atoms with E-state index in [4.69, 9.17) is 0 Å². The summed E-state index contributed by atoms with van der Waals surface area (Å²) in [6.45, 7) is 6.45. The normalized spacial score (nSPS) is 10.7. The Morgan fingerprint density at radius 2 is 1.61 bits per heavy atom. The number of hydrogen-bond donors (Lipinski definition) is 0. The number of hydrogen-bond acceptors (Lipinski definition) is 1. The van der Waals surface area contributed by atoms with Gasteiger partial charge in [-0.15, -0.1) is 5.54 Å². The van der Waals surface area contributed by atoms with Crippen molar-refractivity contribution in [2.24, 2.45) is 0 Å². The van der Waals surface area contributed by atoms with E-state index in [-0.39, 0.29) is 11.6 Å². The minimum atomic E-state index is -1.58. The maximum absolute atomic E-state index is 12.7. The van der Waals surface area contributed by atoms with Crippen molar-refractivity contribution in [2.75, 3.05) is 0 Å². The van der Waals surface area contributed by atoms with Gasteiger partial charge < -0.3 is 0 Å². The largest absolute Gasteiger partial charge is 0.279 e. The Labute approximate surface area is 109 Å². The molecule has 0 bridgehead atoms. The number of halogens is 1. The Bertz CT molecular complexity index is 455. The van der Waals surface area contributed by atoms with Gasteiger partial charge in [-0.05, 0) is 48.3 Å². The quantitative estimate of drug-likeness (QED) is 0.454. The average molecular weight is 262 g/mol. The van der Waals surface area contributed by atoms with Gasteiger partial charge in [-0.25, -0.2) is 4.39 Å². The summed E-state index contributed by atoms with van der Waals surface area (Å²) in [7, 11) is -1.58. The van der Waals surface area contributed by atoms with Crippen molar-refractivity contribution >= 4 is 13.9 Å². The lowest BCUT2D eigenvalue weighted by Gasteiger charge is -2.19. The van der Waals surface area contributed by atoms with Gasteiger partial charge in [0.15, 0.2) is 0 Å². The second-order valence-corrected chi connectivity index (χ2v) is 9.36. The number of benzene rings is 1. The zero-order valence-electron chi connectivity index (χ0n) is 11.2. The Morgan fingerprint density at radius 3 is 2.06 bits per heavy atom. The molecule has 18 heavy (non-hydrogen) atoms. The predicted molar refractivity (Wildman–Crippen MR) is 75.7 cm³/mol. The van der Waals surface area contributed by atoms with E-state index in [9.17, 15) is 9.18 Å². The van der Waals surface area contributed by atoms with Crippen LogP contribution in [0.25, 0.3) is 0 Å². The predicted octanol–water partition coefficient (Wildman–Crippen LogP) is 4.06. The summed E-state index contributed by atoms with van der Waals surface area (Å²) in [4.78, 5) is 11.9. The van der Waals surface area contributed by atoms with Crippen molar-refractivity contribution in [3.05, 3.63) is 35.6 Å². The zero-order chi connectivity index (χ0) is 13.6. The van der Waals surface area contributed by atoms with E-state index in [0.717, 1.165) is 18.1 Å². The fourth-order valence-electron chi connectivity index (χ4n) is 1.88. The van der Waals surface area contributed by atoms with Gasteiger partial charge >= 0.3 is 0 Å². The van der Waals surface area contributed by atoms with Gasteiger partial charge in [0.1, 0.15) is 13.9 Å². The molecule has 0 radical (unpaired) electrons. The highest BCUT2D eigenvalue weighted by Crippen LogP contribution is 2.18. The SMILES string of the molecule is CC[Si](C#CC(=O)c1ccc(F)cc1)(CC)CC.